The van der Waals surface area contributed by atoms with Gasteiger partial charge in [-0.25, -0.2) is 0 Å². The van der Waals surface area contributed by atoms with E-state index in [-0.39, 0.29) is 23.4 Å². The van der Waals surface area contributed by atoms with Gasteiger partial charge in [0.15, 0.2) is 0 Å². The standard InChI is InChI=1S/C26H36N2O3/c1-2-26(25(30)27-14-10-20(11-15-27)19-6-4-3-5-7-19)18-22-8-9-23(26)28(22)24(29)21-12-16-31-17-13-21/h3-7,20-23H,2,8-18H2,1H3/t22-,23+,26+/m1/s1. The molecule has 31 heavy (non-hydrogen) atoms. The van der Waals surface area contributed by atoms with Crippen molar-refractivity contribution in [2.24, 2.45) is 11.3 Å². The Labute approximate surface area is 186 Å². The summed E-state index contributed by atoms with van der Waals surface area (Å²) in [6, 6.07) is 11.1. The molecule has 2 bridgehead atoms. The Morgan fingerprint density at radius 1 is 1.00 bits per heavy atom. The van der Waals surface area contributed by atoms with Crippen molar-refractivity contribution in [2.45, 2.75) is 76.3 Å². The molecule has 168 valence electrons. The van der Waals surface area contributed by atoms with Crippen LogP contribution < -0.4 is 0 Å². The molecule has 3 atom stereocenters. The third-order valence-electron chi connectivity index (χ3n) is 8.68. The molecule has 4 fully saturated rings. The van der Waals surface area contributed by atoms with Crippen LogP contribution in [0, 0.1) is 11.3 Å². The van der Waals surface area contributed by atoms with E-state index in [0.717, 1.165) is 64.5 Å². The summed E-state index contributed by atoms with van der Waals surface area (Å²) in [5.41, 5.74) is 1.02. The van der Waals surface area contributed by atoms with Gasteiger partial charge in [0.1, 0.15) is 0 Å². The summed E-state index contributed by atoms with van der Waals surface area (Å²) < 4.78 is 5.47. The summed E-state index contributed by atoms with van der Waals surface area (Å²) in [6.45, 7) is 5.21. The second kappa shape index (κ2) is 8.57. The highest BCUT2D eigenvalue weighted by Gasteiger charge is 2.61. The molecular formula is C26H36N2O3. The highest BCUT2D eigenvalue weighted by molar-refractivity contribution is 5.88. The second-order valence-corrected chi connectivity index (χ2v) is 10.1. The van der Waals surface area contributed by atoms with Gasteiger partial charge in [-0.15, -0.1) is 0 Å². The Hall–Kier alpha value is -1.88. The Bertz CT molecular complexity index is 798. The summed E-state index contributed by atoms with van der Waals surface area (Å²) in [5.74, 6) is 1.25. The molecule has 0 radical (unpaired) electrons. The van der Waals surface area contributed by atoms with Crippen LogP contribution in [0.15, 0.2) is 30.3 Å². The SMILES string of the molecule is CC[C@]1(C(=O)N2CCC(c3ccccc3)CC2)C[C@H]2CC[C@@H]1N2C(=O)C1CCOCC1. The van der Waals surface area contributed by atoms with E-state index in [4.69, 9.17) is 4.74 Å². The first kappa shape index (κ1) is 21.0. The molecule has 0 saturated carbocycles. The first-order chi connectivity index (χ1) is 15.1. The van der Waals surface area contributed by atoms with Crippen molar-refractivity contribution in [3.63, 3.8) is 0 Å². The minimum atomic E-state index is -0.372. The van der Waals surface area contributed by atoms with Crippen LogP contribution in [0.1, 0.15) is 69.8 Å². The van der Waals surface area contributed by atoms with Crippen molar-refractivity contribution >= 4 is 11.8 Å². The predicted octanol–water partition coefficient (Wildman–Crippen LogP) is 3.98. The molecule has 4 saturated heterocycles. The number of likely N-dealkylation sites (tertiary alicyclic amines) is 1. The van der Waals surface area contributed by atoms with E-state index in [0.29, 0.717) is 30.9 Å². The number of nitrogens with zero attached hydrogens (tertiary/aromatic N) is 2. The van der Waals surface area contributed by atoms with Crippen LogP contribution in [-0.2, 0) is 14.3 Å². The number of rotatable bonds is 4. The van der Waals surface area contributed by atoms with E-state index in [2.05, 4.69) is 47.1 Å². The molecule has 1 aromatic rings. The maximum absolute atomic E-state index is 13.9. The van der Waals surface area contributed by atoms with E-state index < -0.39 is 0 Å². The molecule has 0 aromatic heterocycles. The molecule has 0 spiro atoms. The van der Waals surface area contributed by atoms with Crippen LogP contribution >= 0.6 is 0 Å². The van der Waals surface area contributed by atoms with Crippen molar-refractivity contribution in [3.05, 3.63) is 35.9 Å². The molecular weight excluding hydrogens is 388 g/mol. The largest absolute Gasteiger partial charge is 0.381 e. The Kier molecular flexibility index (Phi) is 5.80. The number of hydrogen-bond acceptors (Lipinski definition) is 3. The third kappa shape index (κ3) is 3.59. The van der Waals surface area contributed by atoms with Gasteiger partial charge in [0.2, 0.25) is 11.8 Å². The van der Waals surface area contributed by atoms with Crippen LogP contribution in [-0.4, -0.2) is 60.0 Å². The number of carbonyl (C=O) groups excluding carboxylic acids is 2. The fourth-order valence-electron chi connectivity index (χ4n) is 6.89. The van der Waals surface area contributed by atoms with Gasteiger partial charge in [-0.05, 0) is 62.8 Å². The lowest BCUT2D eigenvalue weighted by Gasteiger charge is -2.42. The normalized spacial score (nSPS) is 31.9. The van der Waals surface area contributed by atoms with Gasteiger partial charge >= 0.3 is 0 Å². The third-order valence-corrected chi connectivity index (χ3v) is 8.68. The molecule has 5 nitrogen and oxygen atoms in total. The zero-order valence-electron chi connectivity index (χ0n) is 18.8. The Morgan fingerprint density at radius 2 is 1.71 bits per heavy atom. The maximum atomic E-state index is 13.9. The van der Waals surface area contributed by atoms with Gasteiger partial charge in [-0.3, -0.25) is 9.59 Å². The van der Waals surface area contributed by atoms with Crippen LogP contribution in [0.25, 0.3) is 0 Å². The summed E-state index contributed by atoms with van der Waals surface area (Å²) in [7, 11) is 0. The van der Waals surface area contributed by atoms with Gasteiger partial charge in [-0.2, -0.15) is 0 Å². The zero-order valence-corrected chi connectivity index (χ0v) is 18.8. The minimum Gasteiger partial charge on any atom is -0.381 e. The van der Waals surface area contributed by atoms with Crippen molar-refractivity contribution in [3.8, 4) is 0 Å². The lowest BCUT2D eigenvalue weighted by molar-refractivity contribution is -0.148. The van der Waals surface area contributed by atoms with Crippen molar-refractivity contribution < 1.29 is 14.3 Å². The average Bonchev–Trinajstić information content (AvgIpc) is 3.41. The monoisotopic (exact) mass is 424 g/mol. The van der Waals surface area contributed by atoms with Crippen molar-refractivity contribution in [2.75, 3.05) is 26.3 Å². The molecule has 4 aliphatic heterocycles. The van der Waals surface area contributed by atoms with E-state index in [1.165, 1.54) is 5.56 Å². The molecule has 1 aromatic carbocycles. The molecule has 5 rings (SSSR count). The van der Waals surface area contributed by atoms with Crippen LogP contribution in [0.3, 0.4) is 0 Å². The molecule has 2 amide bonds. The molecule has 4 aliphatic rings. The van der Waals surface area contributed by atoms with E-state index in [9.17, 15) is 9.59 Å². The zero-order chi connectivity index (χ0) is 21.4. The molecule has 0 N–H and O–H groups in total. The summed E-state index contributed by atoms with van der Waals surface area (Å²) in [4.78, 5) is 31.6. The fourth-order valence-corrected chi connectivity index (χ4v) is 6.89. The van der Waals surface area contributed by atoms with Crippen LogP contribution in [0.4, 0.5) is 0 Å². The molecule has 0 unspecified atom stereocenters. The van der Waals surface area contributed by atoms with Gasteiger partial charge in [0.05, 0.1) is 5.41 Å². The smallest absolute Gasteiger partial charge is 0.230 e. The number of piperidine rings is 1. The Balaban J connectivity index is 1.29. The summed E-state index contributed by atoms with van der Waals surface area (Å²) in [5, 5.41) is 0. The minimum absolute atomic E-state index is 0.0845. The fraction of sp³-hybridized carbons (Fsp3) is 0.692. The predicted molar refractivity (Wildman–Crippen MR) is 120 cm³/mol. The lowest BCUT2D eigenvalue weighted by Crippen LogP contribution is -2.53. The summed E-state index contributed by atoms with van der Waals surface area (Å²) >= 11 is 0. The quantitative estimate of drug-likeness (QED) is 0.735. The molecule has 0 aliphatic carbocycles. The molecule has 5 heteroatoms. The van der Waals surface area contributed by atoms with E-state index >= 15 is 0 Å². The number of carbonyl (C=O) groups is 2. The van der Waals surface area contributed by atoms with E-state index in [1.54, 1.807) is 0 Å². The maximum Gasteiger partial charge on any atom is 0.230 e. The van der Waals surface area contributed by atoms with Crippen molar-refractivity contribution in [1.82, 2.24) is 9.80 Å². The van der Waals surface area contributed by atoms with E-state index in [1.807, 2.05) is 0 Å². The van der Waals surface area contributed by atoms with Gasteiger partial charge in [0, 0.05) is 44.3 Å². The van der Waals surface area contributed by atoms with Crippen LogP contribution in [0.5, 0.6) is 0 Å². The first-order valence-electron chi connectivity index (χ1n) is 12.4. The van der Waals surface area contributed by atoms with Crippen LogP contribution in [0.2, 0.25) is 0 Å². The van der Waals surface area contributed by atoms with Gasteiger partial charge in [0.25, 0.3) is 0 Å². The number of amides is 2. The lowest BCUT2D eigenvalue weighted by atomic mass is 9.70. The van der Waals surface area contributed by atoms with Gasteiger partial charge in [-0.1, -0.05) is 37.3 Å². The molecule has 4 heterocycles. The van der Waals surface area contributed by atoms with Gasteiger partial charge < -0.3 is 14.5 Å². The number of hydrogen-bond donors (Lipinski definition) is 0. The highest BCUT2D eigenvalue weighted by atomic mass is 16.5. The Morgan fingerprint density at radius 3 is 2.39 bits per heavy atom. The highest BCUT2D eigenvalue weighted by Crippen LogP contribution is 2.53. The summed E-state index contributed by atoms with van der Waals surface area (Å²) in [6.07, 6.45) is 7.47. The number of benzene rings is 1. The number of ether oxygens (including phenoxy) is 1. The second-order valence-electron chi connectivity index (χ2n) is 10.1. The average molecular weight is 425 g/mol. The first-order valence-corrected chi connectivity index (χ1v) is 12.4. The van der Waals surface area contributed by atoms with Crippen molar-refractivity contribution in [1.29, 1.82) is 0 Å². The number of fused-ring (bicyclic) bond motifs is 2. The topological polar surface area (TPSA) is 49.9 Å².